The number of amides is 1. The minimum Gasteiger partial charge on any atom is -0.493 e. The van der Waals surface area contributed by atoms with Gasteiger partial charge in [-0.3, -0.25) is 9.59 Å². The van der Waals surface area contributed by atoms with Gasteiger partial charge in [-0.15, -0.1) is 0 Å². The Morgan fingerprint density at radius 3 is 2.41 bits per heavy atom. The second-order valence-corrected chi connectivity index (χ2v) is 5.99. The zero-order valence-electron chi connectivity index (χ0n) is 13.2. The number of para-hydroxylation sites is 1. The number of methoxy groups -OCH3 is 2. The Hall–Kier alpha value is -2.24. The lowest BCUT2D eigenvalue weighted by Crippen LogP contribution is -2.27. The molecule has 6 nitrogen and oxygen atoms in total. The topological polar surface area (TPSA) is 84.9 Å². The Kier molecular flexibility index (Phi) is 4.30. The first-order valence-electron chi connectivity index (χ1n) is 7.05. The number of carboxylic acid groups (broad SMARTS) is 1. The van der Waals surface area contributed by atoms with Crippen molar-refractivity contribution in [1.82, 2.24) is 5.32 Å². The van der Waals surface area contributed by atoms with E-state index in [-0.39, 0.29) is 12.5 Å². The summed E-state index contributed by atoms with van der Waals surface area (Å²) in [5, 5.41) is 11.9. The van der Waals surface area contributed by atoms with Gasteiger partial charge in [-0.1, -0.05) is 26.0 Å². The van der Waals surface area contributed by atoms with E-state index in [2.05, 4.69) is 5.32 Å². The van der Waals surface area contributed by atoms with Gasteiger partial charge in [-0.25, -0.2) is 0 Å². The molecule has 0 bridgehead atoms. The summed E-state index contributed by atoms with van der Waals surface area (Å²) in [6, 6.07) is 5.41. The molecule has 22 heavy (non-hydrogen) atoms. The van der Waals surface area contributed by atoms with E-state index < -0.39 is 23.2 Å². The molecular weight excluding hydrogens is 286 g/mol. The quantitative estimate of drug-likeness (QED) is 0.835. The number of nitrogens with one attached hydrogen (secondary N) is 1. The highest BCUT2D eigenvalue weighted by atomic mass is 16.5. The molecule has 2 atom stereocenters. The SMILES string of the molecule is COc1cccc(CNC(=O)[C@H]2[C@@H](C(=O)O)C2(C)C)c1OC. The molecule has 1 aromatic carbocycles. The maximum atomic E-state index is 12.2. The Bertz CT molecular complexity index is 596. The molecule has 0 radical (unpaired) electrons. The van der Waals surface area contributed by atoms with E-state index >= 15 is 0 Å². The highest BCUT2D eigenvalue weighted by Gasteiger charge is 2.65. The van der Waals surface area contributed by atoms with Crippen molar-refractivity contribution in [2.75, 3.05) is 14.2 Å². The lowest BCUT2D eigenvalue weighted by molar-refractivity contribution is -0.140. The second-order valence-electron chi connectivity index (χ2n) is 5.99. The molecule has 0 aromatic heterocycles. The number of benzene rings is 1. The molecule has 2 N–H and O–H groups in total. The summed E-state index contributed by atoms with van der Waals surface area (Å²) in [5.74, 6) is -1.15. The molecule has 1 aromatic rings. The highest BCUT2D eigenvalue weighted by molar-refractivity contribution is 5.91. The first-order valence-corrected chi connectivity index (χ1v) is 7.05. The van der Waals surface area contributed by atoms with Gasteiger partial charge in [0.05, 0.1) is 26.1 Å². The average Bonchev–Trinajstić information content (AvgIpc) is 3.07. The molecule has 0 saturated heterocycles. The standard InChI is InChI=1S/C16H21NO5/c1-16(2)11(12(16)15(19)20)14(18)17-8-9-6-5-7-10(21-3)13(9)22-4/h5-7,11-12H,8H2,1-4H3,(H,17,18)(H,19,20)/t11-,12+/m1/s1. The number of hydrogen-bond donors (Lipinski definition) is 2. The third-order valence-corrected chi connectivity index (χ3v) is 4.31. The fraction of sp³-hybridized carbons (Fsp3) is 0.500. The Balaban J connectivity index is 2.05. The molecule has 1 aliphatic carbocycles. The van der Waals surface area contributed by atoms with Crippen molar-refractivity contribution < 1.29 is 24.2 Å². The summed E-state index contributed by atoms with van der Waals surface area (Å²) < 4.78 is 10.5. The van der Waals surface area contributed by atoms with Gasteiger partial charge in [0.15, 0.2) is 11.5 Å². The monoisotopic (exact) mass is 307 g/mol. The predicted molar refractivity (Wildman–Crippen MR) is 79.8 cm³/mol. The number of carboxylic acids is 1. The molecule has 1 amide bonds. The average molecular weight is 307 g/mol. The van der Waals surface area contributed by atoms with E-state index in [0.717, 1.165) is 5.56 Å². The van der Waals surface area contributed by atoms with E-state index in [1.807, 2.05) is 12.1 Å². The van der Waals surface area contributed by atoms with E-state index in [0.29, 0.717) is 11.5 Å². The molecule has 0 heterocycles. The maximum absolute atomic E-state index is 12.2. The van der Waals surface area contributed by atoms with Crippen molar-refractivity contribution in [1.29, 1.82) is 0 Å². The van der Waals surface area contributed by atoms with Gasteiger partial charge in [0.2, 0.25) is 5.91 Å². The van der Waals surface area contributed by atoms with Crippen LogP contribution in [0, 0.1) is 17.3 Å². The number of carbonyl (C=O) groups excluding carboxylic acids is 1. The molecule has 1 saturated carbocycles. The molecule has 1 aliphatic rings. The van der Waals surface area contributed by atoms with Crippen LogP contribution >= 0.6 is 0 Å². The first-order chi connectivity index (χ1) is 10.3. The number of ether oxygens (including phenoxy) is 2. The van der Waals surface area contributed by atoms with E-state index in [1.54, 1.807) is 27.0 Å². The third kappa shape index (κ3) is 2.73. The maximum Gasteiger partial charge on any atom is 0.307 e. The van der Waals surface area contributed by atoms with E-state index in [4.69, 9.17) is 14.6 Å². The van der Waals surface area contributed by atoms with Crippen LogP contribution in [0.15, 0.2) is 18.2 Å². The normalized spacial score (nSPS) is 21.8. The number of carbonyl (C=O) groups is 2. The van der Waals surface area contributed by atoms with E-state index in [9.17, 15) is 9.59 Å². The first kappa shape index (κ1) is 16.1. The van der Waals surface area contributed by atoms with Crippen molar-refractivity contribution in [2.24, 2.45) is 17.3 Å². The summed E-state index contributed by atoms with van der Waals surface area (Å²) in [6.45, 7) is 3.85. The molecule has 2 rings (SSSR count). The number of rotatable bonds is 6. The van der Waals surface area contributed by atoms with Crippen LogP contribution in [0.4, 0.5) is 0 Å². The van der Waals surface area contributed by atoms with Crippen LogP contribution in [0.3, 0.4) is 0 Å². The fourth-order valence-electron chi connectivity index (χ4n) is 2.97. The molecule has 0 spiro atoms. The van der Waals surface area contributed by atoms with Crippen LogP contribution in [0.2, 0.25) is 0 Å². The smallest absolute Gasteiger partial charge is 0.307 e. The van der Waals surface area contributed by atoms with Gasteiger partial charge in [-0.05, 0) is 11.5 Å². The third-order valence-electron chi connectivity index (χ3n) is 4.31. The number of aliphatic carboxylic acids is 1. The van der Waals surface area contributed by atoms with Gasteiger partial charge in [0, 0.05) is 12.1 Å². The van der Waals surface area contributed by atoms with Crippen LogP contribution in [-0.2, 0) is 16.1 Å². The van der Waals surface area contributed by atoms with Crippen LogP contribution in [0.1, 0.15) is 19.4 Å². The van der Waals surface area contributed by atoms with Crippen molar-refractivity contribution in [3.8, 4) is 11.5 Å². The largest absolute Gasteiger partial charge is 0.493 e. The molecule has 120 valence electrons. The lowest BCUT2D eigenvalue weighted by atomic mass is 10.1. The van der Waals surface area contributed by atoms with Crippen molar-refractivity contribution in [3.05, 3.63) is 23.8 Å². The zero-order chi connectivity index (χ0) is 16.5. The summed E-state index contributed by atoms with van der Waals surface area (Å²) in [5.41, 5.74) is 0.273. The van der Waals surface area contributed by atoms with Gasteiger partial charge in [-0.2, -0.15) is 0 Å². The summed E-state index contributed by atoms with van der Waals surface area (Å²) in [4.78, 5) is 23.4. The van der Waals surface area contributed by atoms with Crippen molar-refractivity contribution >= 4 is 11.9 Å². The predicted octanol–water partition coefficient (Wildman–Crippen LogP) is 1.68. The lowest BCUT2D eigenvalue weighted by Gasteiger charge is -2.13. The molecule has 1 fully saturated rings. The highest BCUT2D eigenvalue weighted by Crippen LogP contribution is 2.58. The van der Waals surface area contributed by atoms with Crippen LogP contribution in [0.5, 0.6) is 11.5 Å². The van der Waals surface area contributed by atoms with Gasteiger partial charge in [0.1, 0.15) is 0 Å². The summed E-state index contributed by atoms with van der Waals surface area (Å²) in [6.07, 6.45) is 0. The van der Waals surface area contributed by atoms with Crippen molar-refractivity contribution in [2.45, 2.75) is 20.4 Å². The molecular formula is C16H21NO5. The van der Waals surface area contributed by atoms with Gasteiger partial charge < -0.3 is 19.9 Å². The Labute approximate surface area is 129 Å². The van der Waals surface area contributed by atoms with E-state index in [1.165, 1.54) is 7.11 Å². The number of hydrogen-bond acceptors (Lipinski definition) is 4. The van der Waals surface area contributed by atoms with Gasteiger partial charge in [0.25, 0.3) is 0 Å². The van der Waals surface area contributed by atoms with Crippen LogP contribution in [0.25, 0.3) is 0 Å². The minimum absolute atomic E-state index is 0.248. The van der Waals surface area contributed by atoms with Crippen molar-refractivity contribution in [3.63, 3.8) is 0 Å². The molecule has 6 heteroatoms. The van der Waals surface area contributed by atoms with Gasteiger partial charge >= 0.3 is 5.97 Å². The minimum atomic E-state index is -0.927. The Morgan fingerprint density at radius 2 is 1.91 bits per heavy atom. The van der Waals surface area contributed by atoms with Crippen LogP contribution in [-0.4, -0.2) is 31.2 Å². The second kappa shape index (κ2) is 5.87. The zero-order valence-corrected chi connectivity index (χ0v) is 13.2. The molecule has 0 aliphatic heterocycles. The summed E-state index contributed by atoms with van der Waals surface area (Å²) in [7, 11) is 3.08. The Morgan fingerprint density at radius 1 is 1.23 bits per heavy atom. The fourth-order valence-corrected chi connectivity index (χ4v) is 2.97. The molecule has 0 unspecified atom stereocenters. The van der Waals surface area contributed by atoms with Crippen LogP contribution < -0.4 is 14.8 Å². The summed E-state index contributed by atoms with van der Waals surface area (Å²) >= 11 is 0.